The number of nitrogens with zero attached hydrogens (tertiary/aromatic N) is 2. The van der Waals surface area contributed by atoms with Crippen LogP contribution in [0, 0.1) is 5.92 Å². The van der Waals surface area contributed by atoms with E-state index >= 15 is 0 Å². The number of likely N-dealkylation sites (tertiary alicyclic amines) is 1. The highest BCUT2D eigenvalue weighted by Crippen LogP contribution is 2.20. The Morgan fingerprint density at radius 1 is 0.964 bits per heavy atom. The summed E-state index contributed by atoms with van der Waals surface area (Å²) in [5.74, 6) is -1.56. The first kappa shape index (κ1) is 19.6. The van der Waals surface area contributed by atoms with Crippen LogP contribution >= 0.6 is 0 Å². The molecule has 0 saturated carbocycles. The van der Waals surface area contributed by atoms with Gasteiger partial charge in [-0.3, -0.25) is 14.4 Å². The number of carboxylic acid groups (broad SMARTS) is 1. The summed E-state index contributed by atoms with van der Waals surface area (Å²) in [6, 6.07) is 17.2. The molecule has 1 fully saturated rings. The highest BCUT2D eigenvalue weighted by molar-refractivity contribution is 5.96. The molecular formula is C22H24N2O4. The second kappa shape index (κ2) is 8.69. The number of aliphatic carboxylic acids is 1. The number of hydrogen-bond acceptors (Lipinski definition) is 3. The first-order valence-electron chi connectivity index (χ1n) is 9.37. The Labute approximate surface area is 164 Å². The number of hydrogen-bond donors (Lipinski definition) is 1. The molecule has 1 aliphatic rings. The molecule has 0 radical (unpaired) electrons. The van der Waals surface area contributed by atoms with Gasteiger partial charge in [0, 0.05) is 25.7 Å². The minimum absolute atomic E-state index is 0.0169. The summed E-state index contributed by atoms with van der Waals surface area (Å²) in [5.41, 5.74) is 2.63. The van der Waals surface area contributed by atoms with Gasteiger partial charge in [-0.25, -0.2) is 0 Å². The molecule has 0 atom stereocenters. The molecule has 146 valence electrons. The van der Waals surface area contributed by atoms with Crippen molar-refractivity contribution < 1.29 is 19.5 Å². The number of carboxylic acids is 1. The third kappa shape index (κ3) is 4.57. The summed E-state index contributed by atoms with van der Waals surface area (Å²) in [5, 5.41) is 9.04. The van der Waals surface area contributed by atoms with Gasteiger partial charge in [-0.1, -0.05) is 42.5 Å². The molecule has 1 aliphatic heterocycles. The highest BCUT2D eigenvalue weighted by Gasteiger charge is 2.28. The molecule has 0 unspecified atom stereocenters. The van der Waals surface area contributed by atoms with Crippen LogP contribution < -0.4 is 0 Å². The normalized spacial score (nSPS) is 14.5. The number of carbonyl (C=O) groups excluding carboxylic acids is 2. The fraction of sp³-hybridized carbons (Fsp3) is 0.318. The molecule has 28 heavy (non-hydrogen) atoms. The number of piperidine rings is 1. The Bertz CT molecular complexity index is 841. The first-order valence-corrected chi connectivity index (χ1v) is 9.37. The fourth-order valence-corrected chi connectivity index (χ4v) is 3.41. The predicted octanol–water partition coefficient (Wildman–Crippen LogP) is 2.75. The van der Waals surface area contributed by atoms with Crippen LogP contribution in [0.4, 0.5) is 0 Å². The zero-order valence-electron chi connectivity index (χ0n) is 15.9. The largest absolute Gasteiger partial charge is 0.481 e. The summed E-state index contributed by atoms with van der Waals surface area (Å²) >= 11 is 0. The molecule has 0 aliphatic carbocycles. The van der Waals surface area contributed by atoms with Crippen LogP contribution in [0.5, 0.6) is 0 Å². The van der Waals surface area contributed by atoms with Crippen LogP contribution in [0.15, 0.2) is 54.6 Å². The summed E-state index contributed by atoms with van der Waals surface area (Å²) in [6.07, 6.45) is 0.916. The van der Waals surface area contributed by atoms with E-state index in [2.05, 4.69) is 0 Å². The zero-order chi connectivity index (χ0) is 20.1. The van der Waals surface area contributed by atoms with Crippen LogP contribution in [0.25, 0.3) is 11.1 Å². The lowest BCUT2D eigenvalue weighted by Crippen LogP contribution is -2.45. The van der Waals surface area contributed by atoms with Crippen LogP contribution in [-0.2, 0) is 9.59 Å². The molecule has 6 nitrogen and oxygen atoms in total. The van der Waals surface area contributed by atoms with E-state index in [1.165, 1.54) is 4.90 Å². The topological polar surface area (TPSA) is 77.9 Å². The quantitative estimate of drug-likeness (QED) is 0.865. The Balaban J connectivity index is 1.57. The number of likely N-dealkylation sites (N-methyl/N-ethyl adjacent to an activating group) is 1. The van der Waals surface area contributed by atoms with E-state index in [1.54, 1.807) is 24.1 Å². The predicted molar refractivity (Wildman–Crippen MR) is 106 cm³/mol. The van der Waals surface area contributed by atoms with E-state index in [4.69, 9.17) is 5.11 Å². The molecule has 1 saturated heterocycles. The lowest BCUT2D eigenvalue weighted by molar-refractivity contribution is -0.145. The number of carbonyl (C=O) groups is 3. The lowest BCUT2D eigenvalue weighted by Gasteiger charge is -2.31. The van der Waals surface area contributed by atoms with E-state index in [1.807, 2.05) is 42.5 Å². The maximum absolute atomic E-state index is 12.6. The third-order valence-corrected chi connectivity index (χ3v) is 5.16. The van der Waals surface area contributed by atoms with Gasteiger partial charge in [-0.2, -0.15) is 0 Å². The van der Waals surface area contributed by atoms with Gasteiger partial charge in [0.25, 0.3) is 5.91 Å². The molecule has 2 aromatic rings. The van der Waals surface area contributed by atoms with Crippen LogP contribution in [0.1, 0.15) is 23.2 Å². The number of rotatable bonds is 5. The third-order valence-electron chi connectivity index (χ3n) is 5.16. The van der Waals surface area contributed by atoms with Gasteiger partial charge in [0.1, 0.15) is 0 Å². The SMILES string of the molecule is CN(CC(=O)N1CCC(C(=O)O)CC1)C(=O)c1ccc(-c2ccccc2)cc1. The van der Waals surface area contributed by atoms with Crippen molar-refractivity contribution >= 4 is 17.8 Å². The maximum Gasteiger partial charge on any atom is 0.306 e. The van der Waals surface area contributed by atoms with Crippen molar-refractivity contribution in [3.8, 4) is 11.1 Å². The standard InChI is InChI=1S/C22H24N2O4/c1-23(15-20(25)24-13-11-19(12-14-24)22(27)28)21(26)18-9-7-17(8-10-18)16-5-3-2-4-6-16/h2-10,19H,11-15H2,1H3,(H,27,28). The summed E-state index contributed by atoms with van der Waals surface area (Å²) in [7, 11) is 1.61. The number of amides is 2. The van der Waals surface area contributed by atoms with E-state index < -0.39 is 5.97 Å². The summed E-state index contributed by atoms with van der Waals surface area (Å²) in [4.78, 5) is 39.1. The van der Waals surface area contributed by atoms with Gasteiger partial charge >= 0.3 is 5.97 Å². The first-order chi connectivity index (χ1) is 13.5. The van der Waals surface area contributed by atoms with E-state index in [9.17, 15) is 14.4 Å². The second-order valence-electron chi connectivity index (χ2n) is 7.10. The van der Waals surface area contributed by atoms with Crippen LogP contribution in [0.2, 0.25) is 0 Å². The average molecular weight is 380 g/mol. The molecule has 2 amide bonds. The van der Waals surface area contributed by atoms with Gasteiger partial charge in [-0.15, -0.1) is 0 Å². The second-order valence-corrected chi connectivity index (χ2v) is 7.10. The smallest absolute Gasteiger partial charge is 0.306 e. The molecule has 0 aromatic heterocycles. The lowest BCUT2D eigenvalue weighted by atomic mass is 9.97. The Kier molecular flexibility index (Phi) is 6.09. The van der Waals surface area contributed by atoms with Gasteiger partial charge in [0.15, 0.2) is 0 Å². The molecule has 0 spiro atoms. The van der Waals surface area contributed by atoms with Crippen LogP contribution in [-0.4, -0.2) is 59.4 Å². The molecule has 0 bridgehead atoms. The van der Waals surface area contributed by atoms with Crippen molar-refractivity contribution in [3.05, 3.63) is 60.2 Å². The average Bonchev–Trinajstić information content (AvgIpc) is 2.74. The van der Waals surface area contributed by atoms with Gasteiger partial charge in [0.2, 0.25) is 5.91 Å². The van der Waals surface area contributed by atoms with E-state index in [0.717, 1.165) is 11.1 Å². The van der Waals surface area contributed by atoms with Gasteiger partial charge < -0.3 is 14.9 Å². The zero-order valence-corrected chi connectivity index (χ0v) is 15.9. The minimum atomic E-state index is -0.807. The van der Waals surface area contributed by atoms with Crippen molar-refractivity contribution in [2.75, 3.05) is 26.7 Å². The fourth-order valence-electron chi connectivity index (χ4n) is 3.41. The monoisotopic (exact) mass is 380 g/mol. The Morgan fingerprint density at radius 3 is 2.11 bits per heavy atom. The number of benzene rings is 2. The molecular weight excluding hydrogens is 356 g/mol. The Hall–Kier alpha value is -3.15. The molecule has 1 heterocycles. The van der Waals surface area contributed by atoms with Crippen molar-refractivity contribution in [1.82, 2.24) is 9.80 Å². The summed E-state index contributed by atoms with van der Waals surface area (Å²) < 4.78 is 0. The van der Waals surface area contributed by atoms with Crippen molar-refractivity contribution in [2.24, 2.45) is 5.92 Å². The molecule has 3 rings (SSSR count). The molecule has 1 N–H and O–H groups in total. The van der Waals surface area contributed by atoms with Crippen molar-refractivity contribution in [1.29, 1.82) is 0 Å². The molecule has 2 aromatic carbocycles. The van der Waals surface area contributed by atoms with E-state index in [-0.39, 0.29) is 24.3 Å². The van der Waals surface area contributed by atoms with Crippen molar-refractivity contribution in [2.45, 2.75) is 12.8 Å². The maximum atomic E-state index is 12.6. The van der Waals surface area contributed by atoms with Crippen molar-refractivity contribution in [3.63, 3.8) is 0 Å². The highest BCUT2D eigenvalue weighted by atomic mass is 16.4. The Morgan fingerprint density at radius 2 is 1.54 bits per heavy atom. The molecule has 6 heteroatoms. The van der Waals surface area contributed by atoms with Crippen LogP contribution in [0.3, 0.4) is 0 Å². The van der Waals surface area contributed by atoms with E-state index in [0.29, 0.717) is 31.5 Å². The minimum Gasteiger partial charge on any atom is -0.481 e. The van der Waals surface area contributed by atoms with Gasteiger partial charge in [-0.05, 0) is 36.1 Å². The van der Waals surface area contributed by atoms with Gasteiger partial charge in [0.05, 0.1) is 12.5 Å². The summed E-state index contributed by atoms with van der Waals surface area (Å²) in [6.45, 7) is 0.824.